The first-order valence-electron chi connectivity index (χ1n) is 7.06. The molecule has 0 aromatic heterocycles. The van der Waals surface area contributed by atoms with E-state index in [2.05, 4.69) is 33.1 Å². The molecule has 2 nitrogen and oxygen atoms in total. The van der Waals surface area contributed by atoms with E-state index in [0.29, 0.717) is 4.47 Å². The number of nitrogens with zero attached hydrogens (tertiary/aromatic N) is 1. The fraction of sp³-hybridized carbons (Fsp3) is 0.600. The van der Waals surface area contributed by atoms with Gasteiger partial charge in [-0.05, 0) is 66.0 Å². The van der Waals surface area contributed by atoms with Crippen LogP contribution in [0, 0.1) is 11.7 Å². The Hall–Kier alpha value is -0.450. The molecule has 1 heterocycles. The molecule has 4 heteroatoms. The summed E-state index contributed by atoms with van der Waals surface area (Å²) in [5.41, 5.74) is 1.05. The maximum Gasteiger partial charge on any atom is 0.137 e. The minimum Gasteiger partial charge on any atom is -0.317 e. The standard InChI is InChI=1S/C15H22BrFN2/c1-2-18-9-12-5-4-8-19(10-12)11-13-6-3-7-14(17)15(13)16/h3,6-7,12,18H,2,4-5,8-11H2,1H3. The van der Waals surface area contributed by atoms with Crippen LogP contribution in [-0.2, 0) is 6.54 Å². The molecule has 1 aliphatic rings. The Morgan fingerprint density at radius 1 is 1.47 bits per heavy atom. The van der Waals surface area contributed by atoms with Crippen LogP contribution in [0.4, 0.5) is 4.39 Å². The Bertz CT molecular complexity index is 411. The van der Waals surface area contributed by atoms with Crippen LogP contribution in [-0.4, -0.2) is 31.1 Å². The van der Waals surface area contributed by atoms with Gasteiger partial charge in [0.25, 0.3) is 0 Å². The van der Waals surface area contributed by atoms with Crippen LogP contribution in [0.25, 0.3) is 0 Å². The lowest BCUT2D eigenvalue weighted by Crippen LogP contribution is -2.39. The number of piperidine rings is 1. The zero-order valence-corrected chi connectivity index (χ0v) is 13.0. The average Bonchev–Trinajstić information content (AvgIpc) is 2.42. The largest absolute Gasteiger partial charge is 0.317 e. The molecule has 0 aliphatic carbocycles. The SMILES string of the molecule is CCNCC1CCCN(Cc2cccc(F)c2Br)C1. The lowest BCUT2D eigenvalue weighted by molar-refractivity contribution is 0.165. The number of rotatable bonds is 5. The van der Waals surface area contributed by atoms with Crippen molar-refractivity contribution in [1.29, 1.82) is 0 Å². The fourth-order valence-corrected chi connectivity index (χ4v) is 3.11. The second-order valence-electron chi connectivity index (χ2n) is 5.26. The van der Waals surface area contributed by atoms with Gasteiger partial charge in [0.2, 0.25) is 0 Å². The molecule has 0 radical (unpaired) electrons. The predicted molar refractivity (Wildman–Crippen MR) is 80.6 cm³/mol. The van der Waals surface area contributed by atoms with Gasteiger partial charge in [0.05, 0.1) is 4.47 Å². The number of nitrogens with one attached hydrogen (secondary N) is 1. The number of hydrogen-bond acceptors (Lipinski definition) is 2. The van der Waals surface area contributed by atoms with Crippen molar-refractivity contribution in [2.45, 2.75) is 26.3 Å². The second kappa shape index (κ2) is 7.36. The Morgan fingerprint density at radius 3 is 3.11 bits per heavy atom. The minimum atomic E-state index is -0.168. The zero-order valence-electron chi connectivity index (χ0n) is 11.5. The van der Waals surface area contributed by atoms with E-state index in [1.807, 2.05) is 6.07 Å². The van der Waals surface area contributed by atoms with E-state index in [0.717, 1.165) is 44.2 Å². The minimum absolute atomic E-state index is 0.168. The molecule has 1 unspecified atom stereocenters. The first kappa shape index (κ1) is 14.9. The van der Waals surface area contributed by atoms with Gasteiger partial charge in [-0.3, -0.25) is 4.90 Å². The Balaban J connectivity index is 1.93. The van der Waals surface area contributed by atoms with Gasteiger partial charge in [0, 0.05) is 13.1 Å². The van der Waals surface area contributed by atoms with Crippen molar-refractivity contribution in [2.24, 2.45) is 5.92 Å². The summed E-state index contributed by atoms with van der Waals surface area (Å²) >= 11 is 3.35. The summed E-state index contributed by atoms with van der Waals surface area (Å²) in [5, 5.41) is 3.43. The maximum atomic E-state index is 13.5. The predicted octanol–water partition coefficient (Wildman–Crippen LogP) is 3.41. The van der Waals surface area contributed by atoms with Crippen LogP contribution in [0.2, 0.25) is 0 Å². The lowest BCUT2D eigenvalue weighted by Gasteiger charge is -2.33. The van der Waals surface area contributed by atoms with Crippen molar-refractivity contribution >= 4 is 15.9 Å². The molecule has 0 saturated carbocycles. The third kappa shape index (κ3) is 4.26. The fourth-order valence-electron chi connectivity index (χ4n) is 2.72. The molecule has 1 aromatic rings. The molecule has 1 fully saturated rings. The van der Waals surface area contributed by atoms with Crippen LogP contribution in [0.15, 0.2) is 22.7 Å². The normalized spacial score (nSPS) is 20.7. The molecular weight excluding hydrogens is 307 g/mol. The molecule has 1 aromatic carbocycles. The highest BCUT2D eigenvalue weighted by Crippen LogP contribution is 2.24. The molecule has 106 valence electrons. The van der Waals surface area contributed by atoms with Gasteiger partial charge < -0.3 is 5.32 Å². The van der Waals surface area contributed by atoms with Crippen molar-refractivity contribution in [3.05, 3.63) is 34.1 Å². The van der Waals surface area contributed by atoms with Crippen molar-refractivity contribution < 1.29 is 4.39 Å². The topological polar surface area (TPSA) is 15.3 Å². The van der Waals surface area contributed by atoms with E-state index in [4.69, 9.17) is 0 Å². The summed E-state index contributed by atoms with van der Waals surface area (Å²) in [5.74, 6) is 0.555. The van der Waals surface area contributed by atoms with Gasteiger partial charge in [-0.25, -0.2) is 4.39 Å². The van der Waals surface area contributed by atoms with Crippen LogP contribution < -0.4 is 5.32 Å². The first-order valence-corrected chi connectivity index (χ1v) is 7.86. The van der Waals surface area contributed by atoms with Gasteiger partial charge in [-0.1, -0.05) is 19.1 Å². The van der Waals surface area contributed by atoms with Crippen molar-refractivity contribution in [3.63, 3.8) is 0 Å². The van der Waals surface area contributed by atoms with E-state index in [1.165, 1.54) is 18.9 Å². The third-order valence-electron chi connectivity index (χ3n) is 3.71. The van der Waals surface area contributed by atoms with Crippen molar-refractivity contribution in [3.8, 4) is 0 Å². The molecule has 1 N–H and O–H groups in total. The maximum absolute atomic E-state index is 13.5. The summed E-state index contributed by atoms with van der Waals surface area (Å²) < 4.78 is 14.1. The molecule has 0 spiro atoms. The summed E-state index contributed by atoms with van der Waals surface area (Å²) in [6.07, 6.45) is 2.54. The monoisotopic (exact) mass is 328 g/mol. The highest BCUT2D eigenvalue weighted by atomic mass is 79.9. The summed E-state index contributed by atoms with van der Waals surface area (Å²) in [6.45, 7) is 7.33. The van der Waals surface area contributed by atoms with Crippen LogP contribution >= 0.6 is 15.9 Å². The molecule has 1 atom stereocenters. The number of hydrogen-bond donors (Lipinski definition) is 1. The highest BCUT2D eigenvalue weighted by Gasteiger charge is 2.20. The van der Waals surface area contributed by atoms with E-state index in [9.17, 15) is 4.39 Å². The Kier molecular flexibility index (Phi) is 5.79. The van der Waals surface area contributed by atoms with Crippen molar-refractivity contribution in [1.82, 2.24) is 10.2 Å². The van der Waals surface area contributed by atoms with Crippen LogP contribution in [0.1, 0.15) is 25.3 Å². The molecule has 2 rings (SSSR count). The summed E-state index contributed by atoms with van der Waals surface area (Å²) in [6, 6.07) is 5.29. The molecule has 1 aliphatic heterocycles. The van der Waals surface area contributed by atoms with Crippen LogP contribution in [0.3, 0.4) is 0 Å². The first-order chi connectivity index (χ1) is 9.20. The molecule has 1 saturated heterocycles. The zero-order chi connectivity index (χ0) is 13.7. The van der Waals surface area contributed by atoms with Gasteiger partial charge in [0.15, 0.2) is 0 Å². The van der Waals surface area contributed by atoms with E-state index in [-0.39, 0.29) is 5.82 Å². The van der Waals surface area contributed by atoms with E-state index < -0.39 is 0 Å². The van der Waals surface area contributed by atoms with Crippen LogP contribution in [0.5, 0.6) is 0 Å². The summed E-state index contributed by atoms with van der Waals surface area (Å²) in [4.78, 5) is 2.44. The van der Waals surface area contributed by atoms with E-state index >= 15 is 0 Å². The number of likely N-dealkylation sites (tertiary alicyclic amines) is 1. The lowest BCUT2D eigenvalue weighted by atomic mass is 9.97. The third-order valence-corrected chi connectivity index (χ3v) is 4.60. The quantitative estimate of drug-likeness (QED) is 0.891. The van der Waals surface area contributed by atoms with Gasteiger partial charge in [0.1, 0.15) is 5.82 Å². The summed E-state index contributed by atoms with van der Waals surface area (Å²) in [7, 11) is 0. The molecular formula is C15H22BrFN2. The molecule has 0 bridgehead atoms. The highest BCUT2D eigenvalue weighted by molar-refractivity contribution is 9.10. The van der Waals surface area contributed by atoms with Crippen molar-refractivity contribution in [2.75, 3.05) is 26.2 Å². The van der Waals surface area contributed by atoms with Gasteiger partial charge in [-0.15, -0.1) is 0 Å². The molecule has 0 amide bonds. The Morgan fingerprint density at radius 2 is 2.32 bits per heavy atom. The van der Waals surface area contributed by atoms with E-state index in [1.54, 1.807) is 6.07 Å². The second-order valence-corrected chi connectivity index (χ2v) is 6.06. The smallest absolute Gasteiger partial charge is 0.137 e. The van der Waals surface area contributed by atoms with Gasteiger partial charge in [-0.2, -0.15) is 0 Å². The molecule has 19 heavy (non-hydrogen) atoms. The average molecular weight is 329 g/mol. The Labute approximate surface area is 123 Å². The number of benzene rings is 1. The van der Waals surface area contributed by atoms with Gasteiger partial charge >= 0.3 is 0 Å². The number of halogens is 2.